The molecule has 1 unspecified atom stereocenters. The Hall–Kier alpha value is -1.15. The number of hydrogen-bond acceptors (Lipinski definition) is 5. The van der Waals surface area contributed by atoms with Crippen LogP contribution < -0.4 is 4.74 Å². The SMILES string of the molecule is O=[N+]([O-])c1ccc(OC2CCS(=O)(=O)C2)c(CBr)c1. The highest BCUT2D eigenvalue weighted by atomic mass is 79.9. The van der Waals surface area contributed by atoms with Crippen molar-refractivity contribution in [2.24, 2.45) is 0 Å². The van der Waals surface area contributed by atoms with E-state index in [1.165, 1.54) is 18.2 Å². The number of rotatable bonds is 4. The molecule has 1 aliphatic rings. The Morgan fingerprint density at radius 2 is 2.21 bits per heavy atom. The molecule has 1 aromatic carbocycles. The second-order valence-electron chi connectivity index (χ2n) is 4.33. The summed E-state index contributed by atoms with van der Waals surface area (Å²) >= 11 is 3.24. The number of nitrogens with zero attached hydrogens (tertiary/aromatic N) is 1. The predicted octanol–water partition coefficient (Wildman–Crippen LogP) is 2.06. The third-order valence-electron chi connectivity index (χ3n) is 2.88. The average Bonchev–Trinajstić information content (AvgIpc) is 2.69. The molecule has 0 spiro atoms. The van der Waals surface area contributed by atoms with Crippen molar-refractivity contribution in [2.45, 2.75) is 17.9 Å². The third-order valence-corrected chi connectivity index (χ3v) is 5.22. The number of alkyl halides is 1. The number of nitro benzene ring substituents is 1. The van der Waals surface area contributed by atoms with Crippen molar-refractivity contribution >= 4 is 31.5 Å². The molecule has 0 bridgehead atoms. The van der Waals surface area contributed by atoms with Crippen LogP contribution in [0.5, 0.6) is 5.75 Å². The van der Waals surface area contributed by atoms with E-state index in [-0.39, 0.29) is 23.3 Å². The van der Waals surface area contributed by atoms with E-state index in [0.29, 0.717) is 23.1 Å². The van der Waals surface area contributed by atoms with E-state index in [4.69, 9.17) is 4.74 Å². The monoisotopic (exact) mass is 349 g/mol. The lowest BCUT2D eigenvalue weighted by Gasteiger charge is -2.14. The number of non-ortho nitro benzene ring substituents is 1. The summed E-state index contributed by atoms with van der Waals surface area (Å²) in [5.74, 6) is 0.629. The summed E-state index contributed by atoms with van der Waals surface area (Å²) in [5.41, 5.74) is 0.624. The quantitative estimate of drug-likeness (QED) is 0.471. The molecule has 1 aliphatic heterocycles. The number of benzene rings is 1. The van der Waals surface area contributed by atoms with Crippen LogP contribution in [0.1, 0.15) is 12.0 Å². The van der Waals surface area contributed by atoms with Crippen LogP contribution >= 0.6 is 15.9 Å². The van der Waals surface area contributed by atoms with E-state index >= 15 is 0 Å². The Bertz CT molecular complexity index is 601. The maximum Gasteiger partial charge on any atom is 0.270 e. The molecule has 104 valence electrons. The largest absolute Gasteiger partial charge is 0.489 e. The van der Waals surface area contributed by atoms with Gasteiger partial charge in [-0.15, -0.1) is 0 Å². The van der Waals surface area contributed by atoms with Gasteiger partial charge in [0, 0.05) is 23.0 Å². The van der Waals surface area contributed by atoms with Crippen LogP contribution in [0.2, 0.25) is 0 Å². The summed E-state index contributed by atoms with van der Waals surface area (Å²) in [7, 11) is -3.00. The molecule has 0 radical (unpaired) electrons. The summed E-state index contributed by atoms with van der Waals surface area (Å²) in [6.07, 6.45) is 0.0883. The summed E-state index contributed by atoms with van der Waals surface area (Å²) in [6.45, 7) is 0. The minimum Gasteiger partial charge on any atom is -0.489 e. The molecule has 0 aliphatic carbocycles. The van der Waals surface area contributed by atoms with Gasteiger partial charge in [0.25, 0.3) is 5.69 Å². The van der Waals surface area contributed by atoms with Crippen LogP contribution in [0.4, 0.5) is 5.69 Å². The van der Waals surface area contributed by atoms with Gasteiger partial charge in [-0.3, -0.25) is 10.1 Å². The minimum atomic E-state index is -3.00. The lowest BCUT2D eigenvalue weighted by Crippen LogP contribution is -2.18. The molecule has 1 heterocycles. The van der Waals surface area contributed by atoms with Crippen LogP contribution in [0.15, 0.2) is 18.2 Å². The third kappa shape index (κ3) is 3.44. The highest BCUT2D eigenvalue weighted by Gasteiger charge is 2.30. The molecule has 1 saturated heterocycles. The molecule has 0 saturated carbocycles. The van der Waals surface area contributed by atoms with Gasteiger partial charge in [-0.2, -0.15) is 0 Å². The standard InChI is InChI=1S/C11H12BrNO5S/c12-6-8-5-9(13(14)15)1-2-11(8)18-10-3-4-19(16,17)7-10/h1-2,5,10H,3-4,6-7H2. The maximum atomic E-state index is 11.4. The Morgan fingerprint density at radius 1 is 1.47 bits per heavy atom. The molecule has 19 heavy (non-hydrogen) atoms. The van der Waals surface area contributed by atoms with Crippen molar-refractivity contribution in [1.82, 2.24) is 0 Å². The van der Waals surface area contributed by atoms with Gasteiger partial charge in [0.2, 0.25) is 0 Å². The lowest BCUT2D eigenvalue weighted by atomic mass is 10.2. The average molecular weight is 350 g/mol. The Labute approximate surface area is 119 Å². The second kappa shape index (κ2) is 5.46. The summed E-state index contributed by atoms with van der Waals surface area (Å²) < 4.78 is 28.3. The lowest BCUT2D eigenvalue weighted by molar-refractivity contribution is -0.384. The Morgan fingerprint density at radius 3 is 2.74 bits per heavy atom. The molecule has 0 aromatic heterocycles. The van der Waals surface area contributed by atoms with Crippen molar-refractivity contribution in [3.63, 3.8) is 0 Å². The van der Waals surface area contributed by atoms with Gasteiger partial charge in [0.15, 0.2) is 9.84 Å². The molecule has 1 fully saturated rings. The van der Waals surface area contributed by atoms with Gasteiger partial charge in [0.05, 0.1) is 16.4 Å². The van der Waals surface area contributed by atoms with E-state index in [9.17, 15) is 18.5 Å². The molecule has 6 nitrogen and oxygen atoms in total. The fourth-order valence-corrected chi connectivity index (χ4v) is 3.96. The molecule has 0 amide bonds. The molecular formula is C11H12BrNO5S. The summed E-state index contributed by atoms with van der Waals surface area (Å²) in [6, 6.07) is 4.29. The van der Waals surface area contributed by atoms with Crippen LogP contribution in [-0.2, 0) is 15.2 Å². The van der Waals surface area contributed by atoms with Gasteiger partial charge in [-0.1, -0.05) is 15.9 Å². The molecule has 1 aromatic rings. The first-order valence-corrected chi connectivity index (χ1v) is 8.56. The van der Waals surface area contributed by atoms with Gasteiger partial charge in [-0.25, -0.2) is 8.42 Å². The maximum absolute atomic E-state index is 11.4. The van der Waals surface area contributed by atoms with Crippen molar-refractivity contribution in [2.75, 3.05) is 11.5 Å². The number of halogens is 1. The zero-order valence-electron chi connectivity index (χ0n) is 9.91. The number of sulfone groups is 1. The van der Waals surface area contributed by atoms with E-state index < -0.39 is 14.8 Å². The van der Waals surface area contributed by atoms with Crippen molar-refractivity contribution in [3.8, 4) is 5.75 Å². The number of nitro groups is 1. The van der Waals surface area contributed by atoms with Crippen molar-refractivity contribution < 1.29 is 18.1 Å². The highest BCUT2D eigenvalue weighted by Crippen LogP contribution is 2.28. The van der Waals surface area contributed by atoms with Crippen LogP contribution in [0, 0.1) is 10.1 Å². The Kier molecular flexibility index (Phi) is 4.10. The van der Waals surface area contributed by atoms with E-state index in [0.717, 1.165) is 0 Å². The Balaban J connectivity index is 2.19. The first-order chi connectivity index (χ1) is 8.91. The zero-order valence-corrected chi connectivity index (χ0v) is 12.3. The van der Waals surface area contributed by atoms with E-state index in [2.05, 4.69) is 15.9 Å². The first kappa shape index (κ1) is 14.3. The zero-order chi connectivity index (χ0) is 14.0. The van der Waals surface area contributed by atoms with Crippen molar-refractivity contribution in [3.05, 3.63) is 33.9 Å². The van der Waals surface area contributed by atoms with Crippen LogP contribution in [-0.4, -0.2) is 31.0 Å². The molecule has 2 rings (SSSR count). The summed E-state index contributed by atoms with van der Waals surface area (Å²) in [5, 5.41) is 11.1. The molecule has 1 atom stereocenters. The van der Waals surface area contributed by atoms with Crippen LogP contribution in [0.3, 0.4) is 0 Å². The topological polar surface area (TPSA) is 86.5 Å². The molecule has 0 N–H and O–H groups in total. The van der Waals surface area contributed by atoms with Gasteiger partial charge in [-0.05, 0) is 12.5 Å². The number of hydrogen-bond donors (Lipinski definition) is 0. The minimum absolute atomic E-state index is 0.00567. The highest BCUT2D eigenvalue weighted by molar-refractivity contribution is 9.08. The van der Waals surface area contributed by atoms with E-state index in [1.54, 1.807) is 0 Å². The van der Waals surface area contributed by atoms with Gasteiger partial charge < -0.3 is 4.74 Å². The fourth-order valence-electron chi connectivity index (χ4n) is 1.93. The fraction of sp³-hybridized carbons (Fsp3) is 0.455. The first-order valence-electron chi connectivity index (χ1n) is 5.61. The normalized spacial score (nSPS) is 21.2. The predicted molar refractivity (Wildman–Crippen MR) is 73.4 cm³/mol. The second-order valence-corrected chi connectivity index (χ2v) is 7.12. The smallest absolute Gasteiger partial charge is 0.270 e. The van der Waals surface area contributed by atoms with Gasteiger partial charge >= 0.3 is 0 Å². The summed E-state index contributed by atoms with van der Waals surface area (Å²) in [4.78, 5) is 10.2. The van der Waals surface area contributed by atoms with E-state index in [1.807, 2.05) is 0 Å². The molecule has 8 heteroatoms. The number of ether oxygens (including phenoxy) is 1. The molecular weight excluding hydrogens is 338 g/mol. The van der Waals surface area contributed by atoms with Crippen LogP contribution in [0.25, 0.3) is 0 Å². The van der Waals surface area contributed by atoms with Gasteiger partial charge in [0.1, 0.15) is 11.9 Å². The van der Waals surface area contributed by atoms with Crippen molar-refractivity contribution in [1.29, 1.82) is 0 Å².